The van der Waals surface area contributed by atoms with E-state index in [1.54, 1.807) is 0 Å². The summed E-state index contributed by atoms with van der Waals surface area (Å²) in [6, 6.07) is -0.798. The number of unbranched alkanes of at least 4 members (excludes halogenated alkanes) is 47. The second-order valence-electron chi connectivity index (χ2n) is 24.2. The predicted octanol–water partition coefficient (Wildman–Crippen LogP) is 19.9. The number of nitrogens with one attached hydrogen (secondary N) is 1. The molecule has 9 heteroatoms. The molecule has 0 radical (unpaired) electrons. The molecule has 3 atom stereocenters. The number of allylic oxidation sites excluding steroid dienone is 2. The third-order valence-corrected chi connectivity index (χ3v) is 16.5. The average Bonchev–Trinajstić information content (AvgIpc) is 3.36. The van der Waals surface area contributed by atoms with Gasteiger partial charge in [0.15, 0.2) is 0 Å². The van der Waals surface area contributed by atoms with Crippen molar-refractivity contribution < 1.29 is 32.9 Å². The lowest BCUT2D eigenvalue weighted by Gasteiger charge is -2.30. The first-order chi connectivity index (χ1) is 36.0. The van der Waals surface area contributed by atoms with Gasteiger partial charge in [-0.1, -0.05) is 315 Å². The van der Waals surface area contributed by atoms with E-state index in [2.05, 4.69) is 31.3 Å². The van der Waals surface area contributed by atoms with Crippen LogP contribution < -0.4 is 10.2 Å². The fraction of sp³-hybridized carbons (Fsp3) is 0.954. The van der Waals surface area contributed by atoms with Gasteiger partial charge in [-0.3, -0.25) is 9.36 Å². The van der Waals surface area contributed by atoms with Crippen molar-refractivity contribution in [3.63, 3.8) is 0 Å². The SMILES string of the molecule is CCCCCCCCCCCCCC/C=C\CCCCCCCCCCCCCCCCCCC(=O)NC(COP(=O)([O-])OCC[N+](C)(C)C)C(O)CCCCCCCCCCCCCCCCCCCCCC. The lowest BCUT2D eigenvalue weighted by Crippen LogP contribution is -2.46. The molecule has 0 saturated carbocycles. The summed E-state index contributed by atoms with van der Waals surface area (Å²) in [7, 11) is 1.32. The van der Waals surface area contributed by atoms with E-state index in [4.69, 9.17) is 9.05 Å². The first-order valence-corrected chi connectivity index (χ1v) is 34.5. The van der Waals surface area contributed by atoms with Crippen molar-refractivity contribution >= 4 is 13.7 Å². The van der Waals surface area contributed by atoms with Crippen LogP contribution in [0.5, 0.6) is 0 Å². The van der Waals surface area contributed by atoms with Crippen LogP contribution in [0.15, 0.2) is 12.2 Å². The van der Waals surface area contributed by atoms with Crippen LogP contribution in [-0.2, 0) is 18.4 Å². The number of aliphatic hydroxyl groups excluding tert-OH is 1. The number of phosphoric ester groups is 1. The Morgan fingerprint density at radius 3 is 1.05 bits per heavy atom. The van der Waals surface area contributed by atoms with E-state index in [1.165, 1.54) is 283 Å². The molecule has 0 aliphatic heterocycles. The zero-order valence-electron chi connectivity index (χ0n) is 50.6. The van der Waals surface area contributed by atoms with E-state index in [9.17, 15) is 19.4 Å². The van der Waals surface area contributed by atoms with E-state index in [0.29, 0.717) is 23.9 Å². The maximum atomic E-state index is 13.0. The molecule has 0 heterocycles. The van der Waals surface area contributed by atoms with E-state index >= 15 is 0 Å². The van der Waals surface area contributed by atoms with Crippen LogP contribution in [0.3, 0.4) is 0 Å². The van der Waals surface area contributed by atoms with Crippen LogP contribution in [0.4, 0.5) is 0 Å². The number of carbonyl (C=O) groups is 1. The highest BCUT2D eigenvalue weighted by Crippen LogP contribution is 2.38. The Kier molecular flexibility index (Phi) is 56.4. The van der Waals surface area contributed by atoms with Gasteiger partial charge in [-0.2, -0.15) is 0 Å². The molecule has 2 N–H and O–H groups in total. The Morgan fingerprint density at radius 2 is 0.743 bits per heavy atom. The third kappa shape index (κ3) is 58.9. The van der Waals surface area contributed by atoms with E-state index in [1.807, 2.05) is 21.1 Å². The van der Waals surface area contributed by atoms with Gasteiger partial charge in [-0.15, -0.1) is 0 Å². The Labute approximate surface area is 462 Å². The summed E-state index contributed by atoms with van der Waals surface area (Å²) in [6.07, 6.45) is 71.3. The number of hydrogen-bond donors (Lipinski definition) is 2. The van der Waals surface area contributed by atoms with Crippen LogP contribution >= 0.6 is 7.82 Å². The van der Waals surface area contributed by atoms with Gasteiger partial charge in [0.1, 0.15) is 13.2 Å². The van der Waals surface area contributed by atoms with Gasteiger partial charge >= 0.3 is 0 Å². The minimum Gasteiger partial charge on any atom is -0.756 e. The zero-order chi connectivity index (χ0) is 54.2. The number of phosphoric acid groups is 1. The van der Waals surface area contributed by atoms with Gasteiger partial charge in [-0.05, 0) is 38.5 Å². The fourth-order valence-corrected chi connectivity index (χ4v) is 11.1. The van der Waals surface area contributed by atoms with Crippen molar-refractivity contribution in [1.29, 1.82) is 0 Å². The summed E-state index contributed by atoms with van der Waals surface area (Å²) in [5, 5.41) is 14.1. The van der Waals surface area contributed by atoms with Crippen LogP contribution in [0.25, 0.3) is 0 Å². The largest absolute Gasteiger partial charge is 0.756 e. The van der Waals surface area contributed by atoms with Crippen molar-refractivity contribution in [2.75, 3.05) is 40.9 Å². The summed E-state index contributed by atoms with van der Waals surface area (Å²) < 4.78 is 23.5. The smallest absolute Gasteiger partial charge is 0.268 e. The van der Waals surface area contributed by atoms with E-state index in [0.717, 1.165) is 38.5 Å². The van der Waals surface area contributed by atoms with Crippen molar-refractivity contribution in [3.8, 4) is 0 Å². The highest BCUT2D eigenvalue weighted by atomic mass is 31.2. The van der Waals surface area contributed by atoms with Gasteiger partial charge in [0.05, 0.1) is 39.9 Å². The lowest BCUT2D eigenvalue weighted by atomic mass is 10.0. The second-order valence-corrected chi connectivity index (χ2v) is 25.6. The van der Waals surface area contributed by atoms with Crippen LogP contribution in [0.1, 0.15) is 348 Å². The van der Waals surface area contributed by atoms with Crippen LogP contribution in [0, 0.1) is 0 Å². The van der Waals surface area contributed by atoms with Crippen molar-refractivity contribution in [2.24, 2.45) is 0 Å². The maximum Gasteiger partial charge on any atom is 0.268 e. The van der Waals surface area contributed by atoms with Crippen molar-refractivity contribution in [2.45, 2.75) is 360 Å². The number of carbonyl (C=O) groups excluding carboxylic acids is 1. The second kappa shape index (κ2) is 56.9. The van der Waals surface area contributed by atoms with E-state index < -0.39 is 20.0 Å². The summed E-state index contributed by atoms with van der Waals surface area (Å²) in [6.45, 7) is 4.78. The molecule has 1 amide bonds. The molecule has 442 valence electrons. The first-order valence-electron chi connectivity index (χ1n) is 33.0. The molecule has 74 heavy (non-hydrogen) atoms. The fourth-order valence-electron chi connectivity index (χ4n) is 10.3. The lowest BCUT2D eigenvalue weighted by molar-refractivity contribution is -0.870. The first kappa shape index (κ1) is 73.2. The van der Waals surface area contributed by atoms with E-state index in [-0.39, 0.29) is 19.1 Å². The summed E-state index contributed by atoms with van der Waals surface area (Å²) in [5.41, 5.74) is 0. The third-order valence-electron chi connectivity index (χ3n) is 15.5. The maximum absolute atomic E-state index is 13.0. The molecule has 3 unspecified atom stereocenters. The normalized spacial score (nSPS) is 13.8. The molecule has 0 bridgehead atoms. The highest BCUT2D eigenvalue weighted by molar-refractivity contribution is 7.45. The highest BCUT2D eigenvalue weighted by Gasteiger charge is 2.24. The molecule has 0 aromatic carbocycles. The Morgan fingerprint density at radius 1 is 0.459 bits per heavy atom. The number of aliphatic hydroxyl groups is 1. The molecular formula is C65H131N2O6P. The molecule has 0 spiro atoms. The number of quaternary nitrogens is 1. The van der Waals surface area contributed by atoms with Gasteiger partial charge in [0, 0.05) is 6.42 Å². The summed E-state index contributed by atoms with van der Waals surface area (Å²) in [5.74, 6) is -0.157. The quantitative estimate of drug-likeness (QED) is 0.0272. The molecule has 0 aromatic rings. The Hall–Kier alpha value is -0.760. The Balaban J connectivity index is 4.00. The van der Waals surface area contributed by atoms with Gasteiger partial charge in [0.25, 0.3) is 7.82 Å². The van der Waals surface area contributed by atoms with Gasteiger partial charge < -0.3 is 28.8 Å². The summed E-state index contributed by atoms with van der Waals surface area (Å²) in [4.78, 5) is 25.6. The number of hydrogen-bond acceptors (Lipinski definition) is 6. The molecule has 0 fully saturated rings. The molecule has 0 saturated heterocycles. The minimum absolute atomic E-state index is 0.0155. The van der Waals surface area contributed by atoms with Crippen molar-refractivity contribution in [1.82, 2.24) is 5.32 Å². The van der Waals surface area contributed by atoms with Crippen LogP contribution in [-0.4, -0.2) is 68.5 Å². The number of nitrogens with zero attached hydrogens (tertiary/aromatic N) is 1. The number of rotatable bonds is 62. The molecule has 0 rings (SSSR count). The molecule has 0 aromatic heterocycles. The monoisotopic (exact) mass is 1070 g/mol. The minimum atomic E-state index is -4.57. The van der Waals surface area contributed by atoms with Crippen LogP contribution in [0.2, 0.25) is 0 Å². The standard InChI is InChI=1S/C65H131N2O6P/c1-6-8-10-12-14-16-18-20-22-24-26-28-29-30-31-32-33-34-35-36-37-38-39-41-43-45-47-49-51-53-55-57-59-65(69)66-63(62-73-74(70,71)72-61-60-67(3,4)5)64(68)58-56-54-52-50-48-46-44-42-40-27-25-23-21-19-17-15-13-11-9-7-2/h30-31,63-64,68H,6-29,32-62H2,1-5H3,(H-,66,69,70,71)/b31-30-. The van der Waals surface area contributed by atoms with Gasteiger partial charge in [0.2, 0.25) is 5.91 Å². The number of likely N-dealkylation sites (N-methyl/N-ethyl adjacent to an activating group) is 1. The topological polar surface area (TPSA) is 108 Å². The van der Waals surface area contributed by atoms with Gasteiger partial charge in [-0.25, -0.2) is 0 Å². The summed E-state index contributed by atoms with van der Waals surface area (Å²) >= 11 is 0. The predicted molar refractivity (Wildman–Crippen MR) is 321 cm³/mol. The molecular weight excluding hydrogens is 936 g/mol. The molecule has 0 aliphatic rings. The molecule has 8 nitrogen and oxygen atoms in total. The zero-order valence-corrected chi connectivity index (χ0v) is 51.5. The molecule has 0 aliphatic carbocycles. The average molecular weight is 1070 g/mol. The Bertz CT molecular complexity index is 1210. The number of amides is 1. The van der Waals surface area contributed by atoms with Crippen molar-refractivity contribution in [3.05, 3.63) is 12.2 Å².